The van der Waals surface area contributed by atoms with E-state index in [9.17, 15) is 0 Å². The second kappa shape index (κ2) is 3.95. The molecule has 15 heavy (non-hydrogen) atoms. The Hall–Kier alpha value is -2.11. The average Bonchev–Trinajstić information content (AvgIpc) is 2.66. The largest absolute Gasteiger partial charge is 0.368 e. The summed E-state index contributed by atoms with van der Waals surface area (Å²) in [7, 11) is 1.89. The number of H-pyrrole nitrogens is 1. The molecule has 2 aromatic rings. The molecule has 0 saturated carbocycles. The second-order valence-electron chi connectivity index (χ2n) is 3.20. The Morgan fingerprint density at radius 3 is 2.93 bits per heavy atom. The molecule has 2 heterocycles. The number of nitrogens with zero attached hydrogens (tertiary/aromatic N) is 4. The van der Waals surface area contributed by atoms with Crippen LogP contribution in [0.4, 0.5) is 11.9 Å². The summed E-state index contributed by atoms with van der Waals surface area (Å²) < 4.78 is 0. The molecule has 0 spiro atoms. The van der Waals surface area contributed by atoms with Crippen molar-refractivity contribution < 1.29 is 0 Å². The van der Waals surface area contributed by atoms with Gasteiger partial charge in [-0.25, -0.2) is 5.10 Å². The Morgan fingerprint density at radius 1 is 1.47 bits per heavy atom. The van der Waals surface area contributed by atoms with Crippen LogP contribution in [0.5, 0.6) is 0 Å². The molecule has 0 radical (unpaired) electrons. The predicted octanol–water partition coefficient (Wildman–Crippen LogP) is 0.418. The molecule has 0 saturated heterocycles. The molecular weight excluding hydrogens is 192 g/mol. The fourth-order valence-electron chi connectivity index (χ4n) is 1.24. The number of hydrogen-bond acceptors (Lipinski definition) is 5. The van der Waals surface area contributed by atoms with Gasteiger partial charge in [-0.15, -0.1) is 5.10 Å². The summed E-state index contributed by atoms with van der Waals surface area (Å²) in [6, 6.07) is 5.78. The first kappa shape index (κ1) is 9.45. The highest BCUT2D eigenvalue weighted by atomic mass is 15.4. The molecule has 0 unspecified atom stereocenters. The zero-order chi connectivity index (χ0) is 10.7. The van der Waals surface area contributed by atoms with Crippen molar-refractivity contribution in [2.24, 2.45) is 0 Å². The van der Waals surface area contributed by atoms with E-state index in [2.05, 4.69) is 20.2 Å². The fourth-order valence-corrected chi connectivity index (χ4v) is 1.24. The molecule has 0 aliphatic heterocycles. The summed E-state index contributed by atoms with van der Waals surface area (Å²) >= 11 is 0. The molecule has 6 nitrogen and oxygen atoms in total. The summed E-state index contributed by atoms with van der Waals surface area (Å²) in [6.07, 6.45) is 1.76. The monoisotopic (exact) mass is 204 g/mol. The maximum atomic E-state index is 5.44. The van der Waals surface area contributed by atoms with Gasteiger partial charge in [-0.1, -0.05) is 6.07 Å². The lowest BCUT2D eigenvalue weighted by Gasteiger charge is -2.13. The van der Waals surface area contributed by atoms with Gasteiger partial charge in [0, 0.05) is 13.2 Å². The Labute approximate surface area is 87.2 Å². The molecule has 0 fully saturated rings. The topological polar surface area (TPSA) is 83.7 Å². The van der Waals surface area contributed by atoms with Gasteiger partial charge in [0.15, 0.2) is 0 Å². The van der Waals surface area contributed by atoms with Gasteiger partial charge in [0.05, 0.1) is 12.2 Å². The minimum atomic E-state index is 0.317. The molecule has 78 valence electrons. The molecule has 2 aromatic heterocycles. The van der Waals surface area contributed by atoms with Gasteiger partial charge in [0.1, 0.15) is 0 Å². The van der Waals surface area contributed by atoms with Gasteiger partial charge in [0.25, 0.3) is 0 Å². The van der Waals surface area contributed by atoms with Gasteiger partial charge in [0.2, 0.25) is 11.9 Å². The summed E-state index contributed by atoms with van der Waals surface area (Å²) in [4.78, 5) is 10.1. The number of nitrogens with two attached hydrogens (primary N) is 1. The van der Waals surface area contributed by atoms with E-state index in [1.165, 1.54) is 0 Å². The number of aromatic nitrogens is 4. The van der Waals surface area contributed by atoms with Crippen LogP contribution >= 0.6 is 0 Å². The van der Waals surface area contributed by atoms with Crippen LogP contribution in [0.1, 0.15) is 5.69 Å². The van der Waals surface area contributed by atoms with Crippen molar-refractivity contribution in [3.63, 3.8) is 0 Å². The molecule has 0 aliphatic carbocycles. The zero-order valence-electron chi connectivity index (χ0n) is 8.38. The van der Waals surface area contributed by atoms with Gasteiger partial charge in [-0.05, 0) is 12.1 Å². The Bertz CT molecular complexity index is 423. The Kier molecular flexibility index (Phi) is 2.49. The number of pyridine rings is 1. The van der Waals surface area contributed by atoms with E-state index in [0.29, 0.717) is 18.4 Å². The SMILES string of the molecule is CN(Cc1ccccn1)c1n[nH]c(N)n1. The highest BCUT2D eigenvalue weighted by Crippen LogP contribution is 2.08. The molecule has 0 amide bonds. The molecule has 0 atom stereocenters. The van der Waals surface area contributed by atoms with E-state index in [1.807, 2.05) is 30.1 Å². The highest BCUT2D eigenvalue weighted by Gasteiger charge is 2.07. The van der Waals surface area contributed by atoms with Gasteiger partial charge < -0.3 is 10.6 Å². The van der Waals surface area contributed by atoms with E-state index in [1.54, 1.807) is 6.20 Å². The van der Waals surface area contributed by atoms with Crippen LogP contribution in [-0.4, -0.2) is 27.2 Å². The molecule has 6 heteroatoms. The van der Waals surface area contributed by atoms with Crippen molar-refractivity contribution in [1.82, 2.24) is 20.2 Å². The normalized spacial score (nSPS) is 10.2. The van der Waals surface area contributed by atoms with Crippen LogP contribution < -0.4 is 10.6 Å². The molecule has 0 aromatic carbocycles. The maximum Gasteiger partial charge on any atom is 0.246 e. The molecular formula is C9H12N6. The van der Waals surface area contributed by atoms with Crippen LogP contribution in [-0.2, 0) is 6.54 Å². The van der Waals surface area contributed by atoms with Crippen molar-refractivity contribution in [2.75, 3.05) is 17.7 Å². The first-order valence-corrected chi connectivity index (χ1v) is 4.54. The predicted molar refractivity (Wildman–Crippen MR) is 57.1 cm³/mol. The van der Waals surface area contributed by atoms with Crippen molar-refractivity contribution in [3.05, 3.63) is 30.1 Å². The lowest BCUT2D eigenvalue weighted by atomic mass is 10.3. The summed E-state index contributed by atoms with van der Waals surface area (Å²) in [5, 5.41) is 6.54. The standard InChI is InChI=1S/C9H12N6/c1-15(9-12-8(10)13-14-9)6-7-4-2-3-5-11-7/h2-5H,6H2,1H3,(H3,10,12,13,14). The molecule has 3 N–H and O–H groups in total. The number of hydrogen-bond donors (Lipinski definition) is 2. The lowest BCUT2D eigenvalue weighted by Crippen LogP contribution is -2.18. The van der Waals surface area contributed by atoms with Crippen LogP contribution in [0, 0.1) is 0 Å². The third kappa shape index (κ3) is 2.22. The quantitative estimate of drug-likeness (QED) is 0.756. The number of rotatable bonds is 3. The summed E-state index contributed by atoms with van der Waals surface area (Å²) in [5.74, 6) is 0.885. The minimum absolute atomic E-state index is 0.317. The van der Waals surface area contributed by atoms with Crippen LogP contribution in [0.2, 0.25) is 0 Å². The zero-order valence-corrected chi connectivity index (χ0v) is 8.38. The Balaban J connectivity index is 2.07. The average molecular weight is 204 g/mol. The fraction of sp³-hybridized carbons (Fsp3) is 0.222. The number of aromatic amines is 1. The maximum absolute atomic E-state index is 5.44. The van der Waals surface area contributed by atoms with Crippen molar-refractivity contribution in [1.29, 1.82) is 0 Å². The van der Waals surface area contributed by atoms with Crippen molar-refractivity contribution in [2.45, 2.75) is 6.54 Å². The van der Waals surface area contributed by atoms with Crippen molar-refractivity contribution >= 4 is 11.9 Å². The third-order valence-corrected chi connectivity index (χ3v) is 1.96. The first-order chi connectivity index (χ1) is 7.25. The molecule has 0 bridgehead atoms. The summed E-state index contributed by atoms with van der Waals surface area (Å²) in [6.45, 7) is 0.651. The number of nitrogen functional groups attached to an aromatic ring is 1. The second-order valence-corrected chi connectivity index (χ2v) is 3.20. The van der Waals surface area contributed by atoms with E-state index in [4.69, 9.17) is 5.73 Å². The smallest absolute Gasteiger partial charge is 0.246 e. The van der Waals surface area contributed by atoms with E-state index < -0.39 is 0 Å². The highest BCUT2D eigenvalue weighted by molar-refractivity contribution is 5.33. The van der Waals surface area contributed by atoms with E-state index in [-0.39, 0.29) is 0 Å². The molecule has 0 aliphatic rings. The minimum Gasteiger partial charge on any atom is -0.368 e. The van der Waals surface area contributed by atoms with E-state index in [0.717, 1.165) is 5.69 Å². The van der Waals surface area contributed by atoms with Gasteiger partial charge >= 0.3 is 0 Å². The van der Waals surface area contributed by atoms with Crippen LogP contribution in [0.3, 0.4) is 0 Å². The van der Waals surface area contributed by atoms with Gasteiger partial charge in [-0.2, -0.15) is 4.98 Å². The van der Waals surface area contributed by atoms with Crippen molar-refractivity contribution in [3.8, 4) is 0 Å². The third-order valence-electron chi connectivity index (χ3n) is 1.96. The summed E-state index contributed by atoms with van der Waals surface area (Å²) in [5.41, 5.74) is 6.40. The van der Waals surface area contributed by atoms with E-state index >= 15 is 0 Å². The lowest BCUT2D eigenvalue weighted by molar-refractivity contribution is 0.844. The Morgan fingerprint density at radius 2 is 2.33 bits per heavy atom. The first-order valence-electron chi connectivity index (χ1n) is 4.54. The van der Waals surface area contributed by atoms with Crippen LogP contribution in [0.25, 0.3) is 0 Å². The molecule has 2 rings (SSSR count). The van der Waals surface area contributed by atoms with Crippen LogP contribution in [0.15, 0.2) is 24.4 Å². The van der Waals surface area contributed by atoms with Gasteiger partial charge in [-0.3, -0.25) is 4.98 Å². The number of anilines is 2. The number of nitrogens with one attached hydrogen (secondary N) is 1.